The first-order valence-electron chi connectivity index (χ1n) is 7.40. The lowest BCUT2D eigenvalue weighted by atomic mass is 10.1. The molecule has 4 nitrogen and oxygen atoms in total. The molecule has 1 amide bonds. The first kappa shape index (κ1) is 15.0. The van der Waals surface area contributed by atoms with Crippen molar-refractivity contribution in [2.75, 3.05) is 19.0 Å². The molecule has 2 aromatic carbocycles. The van der Waals surface area contributed by atoms with Gasteiger partial charge in [0.05, 0.1) is 0 Å². The van der Waals surface area contributed by atoms with Crippen LogP contribution in [0.5, 0.6) is 0 Å². The maximum absolute atomic E-state index is 12.0. The fourth-order valence-corrected chi connectivity index (χ4v) is 2.25. The number of benzene rings is 2. The molecule has 0 N–H and O–H groups in total. The lowest BCUT2D eigenvalue weighted by Crippen LogP contribution is -2.08. The third-order valence-electron chi connectivity index (χ3n) is 3.63. The third kappa shape index (κ3) is 3.31. The summed E-state index contributed by atoms with van der Waals surface area (Å²) in [6, 6.07) is 15.6. The maximum atomic E-state index is 12.0. The Morgan fingerprint density at radius 2 is 1.65 bits per heavy atom. The number of hydrogen-bond donors (Lipinski definition) is 0. The van der Waals surface area contributed by atoms with Gasteiger partial charge in [-0.3, -0.25) is 4.79 Å². The van der Waals surface area contributed by atoms with Crippen LogP contribution in [0.15, 0.2) is 59.3 Å². The Morgan fingerprint density at radius 3 is 2.26 bits per heavy atom. The molecular weight excluding hydrogens is 288 g/mol. The van der Waals surface area contributed by atoms with E-state index in [-0.39, 0.29) is 11.7 Å². The van der Waals surface area contributed by atoms with Crippen molar-refractivity contribution in [2.45, 2.75) is 6.92 Å². The number of carbonyl (C=O) groups excluding carboxylic acids is 1. The minimum atomic E-state index is -0.350. The average molecular weight is 306 g/mol. The Morgan fingerprint density at radius 1 is 1.00 bits per heavy atom. The molecule has 0 unspecified atom stereocenters. The van der Waals surface area contributed by atoms with Crippen LogP contribution in [0.2, 0.25) is 0 Å². The monoisotopic (exact) mass is 306 g/mol. The van der Waals surface area contributed by atoms with E-state index in [1.54, 1.807) is 6.08 Å². The highest BCUT2D eigenvalue weighted by Gasteiger charge is 2.23. The number of anilines is 1. The Hall–Kier alpha value is -2.88. The summed E-state index contributed by atoms with van der Waals surface area (Å²) >= 11 is 0. The van der Waals surface area contributed by atoms with E-state index in [4.69, 9.17) is 4.74 Å². The van der Waals surface area contributed by atoms with Crippen LogP contribution < -0.4 is 4.90 Å². The van der Waals surface area contributed by atoms with E-state index < -0.39 is 0 Å². The van der Waals surface area contributed by atoms with Crippen LogP contribution in [0.3, 0.4) is 0 Å². The van der Waals surface area contributed by atoms with Gasteiger partial charge in [0.1, 0.15) is 0 Å². The van der Waals surface area contributed by atoms with Crippen molar-refractivity contribution in [1.29, 1.82) is 0 Å². The fraction of sp³-hybridized carbons (Fsp3) is 0.158. The van der Waals surface area contributed by atoms with Crippen molar-refractivity contribution < 1.29 is 9.53 Å². The van der Waals surface area contributed by atoms with Crippen LogP contribution >= 0.6 is 0 Å². The van der Waals surface area contributed by atoms with E-state index in [0.29, 0.717) is 5.90 Å². The lowest BCUT2D eigenvalue weighted by molar-refractivity contribution is -0.115. The van der Waals surface area contributed by atoms with Gasteiger partial charge in [-0.15, -0.1) is 0 Å². The van der Waals surface area contributed by atoms with Gasteiger partial charge < -0.3 is 9.64 Å². The SMILES string of the molecule is Cc1ccc(C2=NC(=O)/C(=C/c3ccc(N(C)C)cc3)O2)cc1. The van der Waals surface area contributed by atoms with Gasteiger partial charge in [0, 0.05) is 25.3 Å². The van der Waals surface area contributed by atoms with E-state index in [1.807, 2.05) is 74.4 Å². The summed E-state index contributed by atoms with van der Waals surface area (Å²) < 4.78 is 5.63. The van der Waals surface area contributed by atoms with Gasteiger partial charge in [0.15, 0.2) is 5.76 Å². The first-order chi connectivity index (χ1) is 11.0. The van der Waals surface area contributed by atoms with E-state index in [1.165, 1.54) is 0 Å². The van der Waals surface area contributed by atoms with Crippen LogP contribution in [0.1, 0.15) is 16.7 Å². The summed E-state index contributed by atoms with van der Waals surface area (Å²) in [7, 11) is 3.97. The molecule has 0 atom stereocenters. The zero-order chi connectivity index (χ0) is 16.4. The normalized spacial score (nSPS) is 15.5. The number of amides is 1. The Bertz CT molecular complexity index is 785. The molecule has 3 rings (SSSR count). The summed E-state index contributed by atoms with van der Waals surface area (Å²) in [4.78, 5) is 18.0. The first-order valence-corrected chi connectivity index (χ1v) is 7.40. The second kappa shape index (κ2) is 6.08. The van der Waals surface area contributed by atoms with Crippen molar-refractivity contribution >= 4 is 23.6 Å². The van der Waals surface area contributed by atoms with Crippen molar-refractivity contribution in [2.24, 2.45) is 4.99 Å². The summed E-state index contributed by atoms with van der Waals surface area (Å²) in [5.74, 6) is 0.251. The summed E-state index contributed by atoms with van der Waals surface area (Å²) in [5.41, 5.74) is 3.95. The molecule has 0 saturated carbocycles. The fourth-order valence-electron chi connectivity index (χ4n) is 2.25. The standard InChI is InChI=1S/C19H18N2O2/c1-13-4-8-15(9-5-13)19-20-18(22)17(23-19)12-14-6-10-16(11-7-14)21(2)3/h4-12H,1-3H3/b17-12-. The molecule has 116 valence electrons. The molecule has 4 heteroatoms. The topological polar surface area (TPSA) is 41.9 Å². The van der Waals surface area contributed by atoms with Crippen molar-refractivity contribution in [3.8, 4) is 0 Å². The van der Waals surface area contributed by atoms with Crippen molar-refractivity contribution in [3.05, 3.63) is 71.0 Å². The van der Waals surface area contributed by atoms with Gasteiger partial charge in [-0.2, -0.15) is 4.99 Å². The second-order valence-corrected chi connectivity index (χ2v) is 5.68. The zero-order valence-electron chi connectivity index (χ0n) is 13.4. The predicted molar refractivity (Wildman–Crippen MR) is 92.6 cm³/mol. The number of aryl methyl sites for hydroxylation is 1. The van der Waals surface area contributed by atoms with E-state index >= 15 is 0 Å². The number of aliphatic imine (C=N–C) groups is 1. The van der Waals surface area contributed by atoms with Crippen LogP contribution in [0.25, 0.3) is 6.08 Å². The van der Waals surface area contributed by atoms with Gasteiger partial charge in [0.25, 0.3) is 0 Å². The Labute approximate surface area is 135 Å². The van der Waals surface area contributed by atoms with Gasteiger partial charge in [-0.05, 0) is 42.8 Å². The predicted octanol–water partition coefficient (Wildman–Crippen LogP) is 3.41. The highest BCUT2D eigenvalue weighted by atomic mass is 16.5. The van der Waals surface area contributed by atoms with Crippen LogP contribution in [-0.2, 0) is 9.53 Å². The molecule has 0 spiro atoms. The van der Waals surface area contributed by atoms with Gasteiger partial charge in [-0.1, -0.05) is 29.8 Å². The zero-order valence-corrected chi connectivity index (χ0v) is 13.4. The van der Waals surface area contributed by atoms with Crippen molar-refractivity contribution in [3.63, 3.8) is 0 Å². The van der Waals surface area contributed by atoms with E-state index in [9.17, 15) is 4.79 Å². The smallest absolute Gasteiger partial charge is 0.316 e. The van der Waals surface area contributed by atoms with Gasteiger partial charge in [0.2, 0.25) is 5.90 Å². The molecule has 1 heterocycles. The molecule has 0 saturated heterocycles. The molecule has 0 aliphatic carbocycles. The Kier molecular flexibility index (Phi) is 3.98. The largest absolute Gasteiger partial charge is 0.432 e. The molecule has 0 aromatic heterocycles. The van der Waals surface area contributed by atoms with Crippen molar-refractivity contribution in [1.82, 2.24) is 0 Å². The maximum Gasteiger partial charge on any atom is 0.316 e. The number of rotatable bonds is 3. The lowest BCUT2D eigenvalue weighted by Gasteiger charge is -2.11. The minimum Gasteiger partial charge on any atom is -0.432 e. The number of nitrogens with zero attached hydrogens (tertiary/aromatic N) is 2. The number of hydrogen-bond acceptors (Lipinski definition) is 3. The highest BCUT2D eigenvalue weighted by molar-refractivity contribution is 6.14. The highest BCUT2D eigenvalue weighted by Crippen LogP contribution is 2.21. The number of ether oxygens (including phenoxy) is 1. The quantitative estimate of drug-likeness (QED) is 0.816. The molecule has 23 heavy (non-hydrogen) atoms. The molecule has 0 fully saturated rings. The van der Waals surface area contributed by atoms with Gasteiger partial charge in [-0.25, -0.2) is 0 Å². The van der Waals surface area contributed by atoms with Crippen LogP contribution in [0, 0.1) is 6.92 Å². The van der Waals surface area contributed by atoms with E-state index in [2.05, 4.69) is 4.99 Å². The summed E-state index contributed by atoms with van der Waals surface area (Å²) in [5, 5.41) is 0. The molecular formula is C19H18N2O2. The molecule has 0 radical (unpaired) electrons. The average Bonchev–Trinajstić information content (AvgIpc) is 2.89. The molecule has 1 aliphatic heterocycles. The number of carbonyl (C=O) groups is 1. The minimum absolute atomic E-state index is 0.248. The molecule has 1 aliphatic rings. The molecule has 0 bridgehead atoms. The van der Waals surface area contributed by atoms with Gasteiger partial charge >= 0.3 is 5.91 Å². The van der Waals surface area contributed by atoms with Crippen LogP contribution in [0.4, 0.5) is 5.69 Å². The summed E-state index contributed by atoms with van der Waals surface area (Å²) in [6.45, 7) is 2.01. The van der Waals surface area contributed by atoms with E-state index in [0.717, 1.165) is 22.4 Å². The second-order valence-electron chi connectivity index (χ2n) is 5.68. The molecule has 2 aromatic rings. The van der Waals surface area contributed by atoms with Crippen LogP contribution in [-0.4, -0.2) is 25.9 Å². The Balaban J connectivity index is 1.80. The third-order valence-corrected chi connectivity index (χ3v) is 3.63. The summed E-state index contributed by atoms with van der Waals surface area (Å²) in [6.07, 6.45) is 1.71.